The van der Waals surface area contributed by atoms with Crippen molar-refractivity contribution in [3.05, 3.63) is 68.2 Å². The van der Waals surface area contributed by atoms with Gasteiger partial charge in [0.25, 0.3) is 5.69 Å². The minimum atomic E-state index is -0.604. The number of carbonyl (C=O) groups is 2. The molecule has 0 saturated heterocycles. The molecule has 0 radical (unpaired) electrons. The van der Waals surface area contributed by atoms with Gasteiger partial charge in [-0.1, -0.05) is 29.8 Å². The third-order valence-electron chi connectivity index (χ3n) is 3.82. The number of anilines is 1. The Hall–Kier alpha value is -3.26. The molecule has 0 atom stereocenters. The number of nitro benzene ring substituents is 1. The van der Waals surface area contributed by atoms with Gasteiger partial charge in [0.15, 0.2) is 0 Å². The number of nitrogens with zero attached hydrogens (tertiary/aromatic N) is 2. The first-order valence-corrected chi connectivity index (χ1v) is 8.77. The summed E-state index contributed by atoms with van der Waals surface area (Å²) in [5.41, 5.74) is 5.11. The fourth-order valence-electron chi connectivity index (χ4n) is 2.29. The molecule has 0 fully saturated rings. The molecule has 0 saturated carbocycles. The molecule has 0 aromatic heterocycles. The molecule has 2 N–H and O–H groups in total. The Morgan fingerprint density at radius 1 is 1.14 bits per heavy atom. The predicted octanol–water partition coefficient (Wildman–Crippen LogP) is 3.73. The maximum Gasteiger partial charge on any atom is 0.288 e. The summed E-state index contributed by atoms with van der Waals surface area (Å²) >= 11 is 5.73. The topological polar surface area (TPSA) is 114 Å². The van der Waals surface area contributed by atoms with Crippen molar-refractivity contribution in [3.8, 4) is 0 Å². The minimum Gasteiger partial charge on any atom is -0.326 e. The molecule has 0 unspecified atom stereocenters. The van der Waals surface area contributed by atoms with Crippen LogP contribution in [0, 0.1) is 24.0 Å². The van der Waals surface area contributed by atoms with Crippen LogP contribution >= 0.6 is 11.6 Å². The molecule has 0 heterocycles. The van der Waals surface area contributed by atoms with Crippen molar-refractivity contribution in [2.75, 3.05) is 5.32 Å². The molecule has 28 heavy (non-hydrogen) atoms. The number of carbonyl (C=O) groups excluding carboxylic acids is 2. The molecule has 2 amide bonds. The summed E-state index contributed by atoms with van der Waals surface area (Å²) in [6.07, 6.45) is 1.22. The van der Waals surface area contributed by atoms with E-state index in [0.717, 1.165) is 11.1 Å². The van der Waals surface area contributed by atoms with Crippen LogP contribution in [-0.4, -0.2) is 23.0 Å². The molecule has 2 aromatic carbocycles. The second kappa shape index (κ2) is 9.61. The SMILES string of the molecule is Cc1ccc(C)c(NC(=O)CCC(=O)N/N=C/c2ccc(Cl)c([N+](=O)[O-])c2)c1. The summed E-state index contributed by atoms with van der Waals surface area (Å²) in [7, 11) is 0. The number of rotatable bonds is 7. The molecule has 0 aliphatic rings. The van der Waals surface area contributed by atoms with E-state index < -0.39 is 10.8 Å². The first-order valence-electron chi connectivity index (χ1n) is 8.39. The molecule has 2 rings (SSSR count). The van der Waals surface area contributed by atoms with E-state index in [9.17, 15) is 19.7 Å². The number of benzene rings is 2. The van der Waals surface area contributed by atoms with Gasteiger partial charge < -0.3 is 5.32 Å². The summed E-state index contributed by atoms with van der Waals surface area (Å²) in [6.45, 7) is 3.81. The molecule has 0 spiro atoms. The van der Waals surface area contributed by atoms with Crippen LogP contribution in [0.25, 0.3) is 0 Å². The standard InChI is InChI=1S/C19H19ClN4O4/c1-12-3-4-13(2)16(9-12)22-18(25)7-8-19(26)23-21-11-14-5-6-15(20)17(10-14)24(27)28/h3-6,9-11H,7-8H2,1-2H3,(H,22,25)(H,23,26)/b21-11+. The number of hydrogen-bond acceptors (Lipinski definition) is 5. The van der Waals surface area contributed by atoms with Gasteiger partial charge in [0.1, 0.15) is 5.02 Å². The van der Waals surface area contributed by atoms with Gasteiger partial charge in [0, 0.05) is 30.2 Å². The Morgan fingerprint density at radius 2 is 1.86 bits per heavy atom. The van der Waals surface area contributed by atoms with Gasteiger partial charge in [-0.25, -0.2) is 5.43 Å². The lowest BCUT2D eigenvalue weighted by molar-refractivity contribution is -0.384. The van der Waals surface area contributed by atoms with E-state index in [2.05, 4.69) is 15.8 Å². The van der Waals surface area contributed by atoms with Crippen molar-refractivity contribution < 1.29 is 14.5 Å². The Balaban J connectivity index is 1.83. The van der Waals surface area contributed by atoms with Crippen LogP contribution in [0.2, 0.25) is 5.02 Å². The third kappa shape index (κ3) is 6.17. The molecular weight excluding hydrogens is 384 g/mol. The summed E-state index contributed by atoms with van der Waals surface area (Å²) < 4.78 is 0. The molecule has 0 aliphatic carbocycles. The van der Waals surface area contributed by atoms with Gasteiger partial charge in [-0.2, -0.15) is 5.10 Å². The maximum absolute atomic E-state index is 12.0. The maximum atomic E-state index is 12.0. The highest BCUT2D eigenvalue weighted by Gasteiger charge is 2.12. The van der Waals surface area contributed by atoms with Gasteiger partial charge >= 0.3 is 0 Å². The van der Waals surface area contributed by atoms with Crippen molar-refractivity contribution in [2.45, 2.75) is 26.7 Å². The first-order chi connectivity index (χ1) is 13.3. The summed E-state index contributed by atoms with van der Waals surface area (Å²) in [5, 5.41) is 17.4. The van der Waals surface area contributed by atoms with Crippen molar-refractivity contribution in [2.24, 2.45) is 5.10 Å². The van der Waals surface area contributed by atoms with E-state index in [1.54, 1.807) is 0 Å². The number of nitro groups is 1. The molecule has 2 aromatic rings. The zero-order valence-corrected chi connectivity index (χ0v) is 16.1. The highest BCUT2D eigenvalue weighted by atomic mass is 35.5. The van der Waals surface area contributed by atoms with E-state index in [1.807, 2.05) is 32.0 Å². The summed E-state index contributed by atoms with van der Waals surface area (Å²) in [4.78, 5) is 34.0. The van der Waals surface area contributed by atoms with Gasteiger partial charge in [-0.05, 0) is 37.1 Å². The van der Waals surface area contributed by atoms with Gasteiger partial charge in [-0.3, -0.25) is 19.7 Å². The highest BCUT2D eigenvalue weighted by Crippen LogP contribution is 2.24. The number of aryl methyl sites for hydroxylation is 2. The van der Waals surface area contributed by atoms with E-state index >= 15 is 0 Å². The summed E-state index contributed by atoms with van der Waals surface area (Å²) in [6, 6.07) is 9.88. The lowest BCUT2D eigenvalue weighted by Crippen LogP contribution is -2.21. The second-order valence-corrected chi connectivity index (χ2v) is 6.53. The number of hydrazone groups is 1. The molecule has 0 bridgehead atoms. The Kier molecular flexibility index (Phi) is 7.22. The predicted molar refractivity (Wildman–Crippen MR) is 108 cm³/mol. The van der Waals surface area contributed by atoms with Crippen molar-refractivity contribution in [1.29, 1.82) is 0 Å². The van der Waals surface area contributed by atoms with Crippen LogP contribution in [0.4, 0.5) is 11.4 Å². The number of hydrogen-bond donors (Lipinski definition) is 2. The second-order valence-electron chi connectivity index (χ2n) is 6.13. The van der Waals surface area contributed by atoms with E-state index in [1.165, 1.54) is 24.4 Å². The average Bonchev–Trinajstić information content (AvgIpc) is 2.64. The smallest absolute Gasteiger partial charge is 0.288 e. The average molecular weight is 403 g/mol. The van der Waals surface area contributed by atoms with Gasteiger partial charge in [0.2, 0.25) is 11.8 Å². The first kappa shape index (κ1) is 21.0. The van der Waals surface area contributed by atoms with Crippen LogP contribution in [0.1, 0.15) is 29.5 Å². The number of nitrogens with one attached hydrogen (secondary N) is 2. The van der Waals surface area contributed by atoms with Crippen LogP contribution < -0.4 is 10.7 Å². The van der Waals surface area contributed by atoms with Crippen molar-refractivity contribution in [3.63, 3.8) is 0 Å². The van der Waals surface area contributed by atoms with Crippen LogP contribution in [0.5, 0.6) is 0 Å². The van der Waals surface area contributed by atoms with E-state index in [-0.39, 0.29) is 29.5 Å². The monoisotopic (exact) mass is 402 g/mol. The number of halogens is 1. The summed E-state index contributed by atoms with van der Waals surface area (Å²) in [5.74, 6) is -0.725. The normalized spacial score (nSPS) is 10.7. The van der Waals surface area contributed by atoms with Crippen molar-refractivity contribution >= 4 is 41.0 Å². The molecular formula is C19H19ClN4O4. The van der Waals surface area contributed by atoms with Gasteiger partial charge in [-0.15, -0.1) is 0 Å². The zero-order chi connectivity index (χ0) is 20.7. The lowest BCUT2D eigenvalue weighted by atomic mass is 10.1. The molecule has 8 nitrogen and oxygen atoms in total. The zero-order valence-electron chi connectivity index (χ0n) is 15.4. The largest absolute Gasteiger partial charge is 0.326 e. The lowest BCUT2D eigenvalue weighted by Gasteiger charge is -2.09. The Labute approximate surface area is 166 Å². The van der Waals surface area contributed by atoms with Crippen LogP contribution in [0.15, 0.2) is 41.5 Å². The molecule has 146 valence electrons. The minimum absolute atomic E-state index is 0.00114. The Morgan fingerprint density at radius 3 is 2.57 bits per heavy atom. The fourth-order valence-corrected chi connectivity index (χ4v) is 2.48. The van der Waals surface area contributed by atoms with Crippen LogP contribution in [0.3, 0.4) is 0 Å². The molecule has 0 aliphatic heterocycles. The van der Waals surface area contributed by atoms with E-state index in [0.29, 0.717) is 11.3 Å². The molecule has 9 heteroatoms. The fraction of sp³-hybridized carbons (Fsp3) is 0.211. The van der Waals surface area contributed by atoms with E-state index in [4.69, 9.17) is 11.6 Å². The van der Waals surface area contributed by atoms with Crippen molar-refractivity contribution in [1.82, 2.24) is 5.43 Å². The number of amides is 2. The highest BCUT2D eigenvalue weighted by molar-refractivity contribution is 6.32. The third-order valence-corrected chi connectivity index (χ3v) is 4.14. The van der Waals surface area contributed by atoms with Gasteiger partial charge in [0.05, 0.1) is 11.1 Å². The van der Waals surface area contributed by atoms with Crippen LogP contribution in [-0.2, 0) is 9.59 Å². The Bertz CT molecular complexity index is 944. The quantitative estimate of drug-likeness (QED) is 0.417.